The first kappa shape index (κ1) is 15.3. The number of amides is 2. The molecule has 6 nitrogen and oxygen atoms in total. The van der Waals surface area contributed by atoms with Crippen LogP contribution < -0.4 is 16.0 Å². The zero-order chi connectivity index (χ0) is 16.1. The van der Waals surface area contributed by atoms with Crippen molar-refractivity contribution in [3.05, 3.63) is 54.6 Å². The van der Waals surface area contributed by atoms with Gasteiger partial charge in [0.05, 0.1) is 12.6 Å². The van der Waals surface area contributed by atoms with Crippen LogP contribution in [0.1, 0.15) is 6.42 Å². The van der Waals surface area contributed by atoms with Crippen LogP contribution in [0.15, 0.2) is 54.6 Å². The van der Waals surface area contributed by atoms with Gasteiger partial charge in [0.1, 0.15) is 0 Å². The van der Waals surface area contributed by atoms with Gasteiger partial charge in [0.2, 0.25) is 0 Å². The Morgan fingerprint density at radius 2 is 1.65 bits per heavy atom. The lowest BCUT2D eigenvalue weighted by Gasteiger charge is -2.15. The number of hydrogen-bond acceptors (Lipinski definition) is 4. The van der Waals surface area contributed by atoms with Crippen LogP contribution in [0.2, 0.25) is 0 Å². The fraction of sp³-hybridized carbons (Fsp3) is 0.235. The highest BCUT2D eigenvalue weighted by Gasteiger charge is 2.27. The lowest BCUT2D eigenvalue weighted by Crippen LogP contribution is -2.42. The van der Waals surface area contributed by atoms with Gasteiger partial charge in [0.15, 0.2) is 6.29 Å². The second-order valence-electron chi connectivity index (χ2n) is 5.32. The Hall–Kier alpha value is -2.57. The predicted molar refractivity (Wildman–Crippen MR) is 88.7 cm³/mol. The van der Waals surface area contributed by atoms with E-state index >= 15 is 0 Å². The topological polar surface area (TPSA) is 82.6 Å². The van der Waals surface area contributed by atoms with E-state index < -0.39 is 6.29 Å². The standard InChI is InChI=1S/C17H19N3O3/c21-16-15(10-11-23-16)20-17(22)19-14-8-6-13(7-9-14)18-12-4-2-1-3-5-12/h1-9,15-16,18,21H,10-11H2,(H2,19,20,22)/t15-,16?/m0/s1. The third-order valence-corrected chi connectivity index (χ3v) is 3.58. The second kappa shape index (κ2) is 7.13. The molecular weight excluding hydrogens is 294 g/mol. The second-order valence-corrected chi connectivity index (χ2v) is 5.32. The van der Waals surface area contributed by atoms with Gasteiger partial charge in [-0.15, -0.1) is 0 Å². The number of para-hydroxylation sites is 1. The molecular formula is C17H19N3O3. The first-order chi connectivity index (χ1) is 11.2. The van der Waals surface area contributed by atoms with Crippen molar-refractivity contribution in [2.75, 3.05) is 17.2 Å². The summed E-state index contributed by atoms with van der Waals surface area (Å²) in [4.78, 5) is 11.9. The van der Waals surface area contributed by atoms with Crippen LogP contribution in [0.5, 0.6) is 0 Å². The average molecular weight is 313 g/mol. The summed E-state index contributed by atoms with van der Waals surface area (Å²) in [6, 6.07) is 16.5. The largest absolute Gasteiger partial charge is 0.366 e. The van der Waals surface area contributed by atoms with Gasteiger partial charge in [-0.3, -0.25) is 0 Å². The van der Waals surface area contributed by atoms with E-state index in [-0.39, 0.29) is 12.1 Å². The molecule has 2 aromatic carbocycles. The van der Waals surface area contributed by atoms with Gasteiger partial charge >= 0.3 is 6.03 Å². The fourth-order valence-electron chi connectivity index (χ4n) is 2.38. The average Bonchev–Trinajstić information content (AvgIpc) is 2.95. The highest BCUT2D eigenvalue weighted by Crippen LogP contribution is 2.18. The molecule has 120 valence electrons. The molecule has 2 atom stereocenters. The van der Waals surface area contributed by atoms with Gasteiger partial charge in [-0.25, -0.2) is 4.79 Å². The van der Waals surface area contributed by atoms with Crippen molar-refractivity contribution in [1.82, 2.24) is 5.32 Å². The minimum absolute atomic E-state index is 0.358. The van der Waals surface area contributed by atoms with Crippen LogP contribution in [0, 0.1) is 0 Å². The van der Waals surface area contributed by atoms with Crippen LogP contribution in [-0.2, 0) is 4.74 Å². The number of anilines is 3. The Labute approximate surface area is 134 Å². The lowest BCUT2D eigenvalue weighted by molar-refractivity contribution is -0.0697. The van der Waals surface area contributed by atoms with Crippen molar-refractivity contribution in [2.24, 2.45) is 0 Å². The number of carbonyl (C=O) groups is 1. The van der Waals surface area contributed by atoms with Gasteiger partial charge < -0.3 is 25.8 Å². The van der Waals surface area contributed by atoms with Crippen LogP contribution in [-0.4, -0.2) is 30.1 Å². The molecule has 1 saturated heterocycles. The van der Waals surface area contributed by atoms with Crippen molar-refractivity contribution in [2.45, 2.75) is 18.8 Å². The molecule has 2 amide bonds. The summed E-state index contributed by atoms with van der Waals surface area (Å²) in [7, 11) is 0. The maximum absolute atomic E-state index is 11.9. The Morgan fingerprint density at radius 3 is 2.30 bits per heavy atom. The van der Waals surface area contributed by atoms with E-state index in [2.05, 4.69) is 16.0 Å². The number of carbonyl (C=O) groups excluding carboxylic acids is 1. The van der Waals surface area contributed by atoms with Gasteiger partial charge in [-0.1, -0.05) is 18.2 Å². The summed E-state index contributed by atoms with van der Waals surface area (Å²) in [5.74, 6) is 0. The molecule has 2 aromatic rings. The third-order valence-electron chi connectivity index (χ3n) is 3.58. The van der Waals surface area contributed by atoms with E-state index in [1.54, 1.807) is 0 Å². The maximum atomic E-state index is 11.9. The summed E-state index contributed by atoms with van der Waals surface area (Å²) in [5.41, 5.74) is 2.61. The molecule has 0 aromatic heterocycles. The SMILES string of the molecule is O=C(Nc1ccc(Nc2ccccc2)cc1)N[C@H]1CCOC1O. The molecule has 1 heterocycles. The molecule has 4 N–H and O–H groups in total. The Bertz CT molecular complexity index is 646. The summed E-state index contributed by atoms with van der Waals surface area (Å²) in [6.07, 6.45) is -0.327. The molecule has 1 unspecified atom stereocenters. The Morgan fingerprint density at radius 1 is 1.00 bits per heavy atom. The molecule has 0 saturated carbocycles. The normalized spacial score (nSPS) is 20.0. The molecule has 0 bridgehead atoms. The minimum atomic E-state index is -0.932. The van der Waals surface area contributed by atoms with E-state index in [0.29, 0.717) is 18.7 Å². The van der Waals surface area contributed by atoms with Crippen LogP contribution in [0.4, 0.5) is 21.9 Å². The summed E-state index contributed by atoms with van der Waals surface area (Å²) < 4.78 is 4.99. The van der Waals surface area contributed by atoms with Crippen LogP contribution >= 0.6 is 0 Å². The van der Waals surface area contributed by atoms with Crippen molar-refractivity contribution in [1.29, 1.82) is 0 Å². The first-order valence-electron chi connectivity index (χ1n) is 7.50. The highest BCUT2D eigenvalue weighted by molar-refractivity contribution is 5.89. The van der Waals surface area contributed by atoms with Crippen molar-refractivity contribution in [3.63, 3.8) is 0 Å². The summed E-state index contributed by atoms with van der Waals surface area (Å²) >= 11 is 0. The smallest absolute Gasteiger partial charge is 0.319 e. The molecule has 23 heavy (non-hydrogen) atoms. The number of urea groups is 1. The molecule has 0 aliphatic carbocycles. The van der Waals surface area contributed by atoms with Gasteiger partial charge in [0, 0.05) is 17.1 Å². The molecule has 1 aliphatic rings. The van der Waals surface area contributed by atoms with E-state index in [4.69, 9.17) is 4.74 Å². The van der Waals surface area contributed by atoms with Gasteiger partial charge in [0.25, 0.3) is 0 Å². The zero-order valence-corrected chi connectivity index (χ0v) is 12.5. The number of benzene rings is 2. The number of ether oxygens (including phenoxy) is 1. The quantitative estimate of drug-likeness (QED) is 0.699. The number of aliphatic hydroxyl groups excluding tert-OH is 1. The van der Waals surface area contributed by atoms with E-state index in [1.165, 1.54) is 0 Å². The van der Waals surface area contributed by atoms with E-state index in [9.17, 15) is 9.90 Å². The van der Waals surface area contributed by atoms with Crippen LogP contribution in [0.25, 0.3) is 0 Å². The Kier molecular flexibility index (Phi) is 4.75. The molecule has 6 heteroatoms. The summed E-state index contributed by atoms with van der Waals surface area (Å²) in [5, 5.41) is 18.2. The Balaban J connectivity index is 1.54. The lowest BCUT2D eigenvalue weighted by atomic mass is 10.2. The van der Waals surface area contributed by atoms with Crippen LogP contribution in [0.3, 0.4) is 0 Å². The highest BCUT2D eigenvalue weighted by atomic mass is 16.6. The molecule has 3 rings (SSSR count). The summed E-state index contributed by atoms with van der Waals surface area (Å²) in [6.45, 7) is 0.450. The molecule has 0 spiro atoms. The predicted octanol–water partition coefficient (Wildman–Crippen LogP) is 2.66. The fourth-order valence-corrected chi connectivity index (χ4v) is 2.38. The number of nitrogens with one attached hydrogen (secondary N) is 3. The van der Waals surface area contributed by atoms with Crippen molar-refractivity contribution in [3.8, 4) is 0 Å². The van der Waals surface area contributed by atoms with Gasteiger partial charge in [-0.05, 0) is 42.8 Å². The number of rotatable bonds is 4. The minimum Gasteiger partial charge on any atom is -0.366 e. The van der Waals surface area contributed by atoms with E-state index in [1.807, 2.05) is 54.6 Å². The maximum Gasteiger partial charge on any atom is 0.319 e. The molecule has 0 radical (unpaired) electrons. The van der Waals surface area contributed by atoms with Crippen molar-refractivity contribution >= 4 is 23.1 Å². The monoisotopic (exact) mass is 313 g/mol. The first-order valence-corrected chi connectivity index (χ1v) is 7.50. The van der Waals surface area contributed by atoms with Crippen molar-refractivity contribution < 1.29 is 14.6 Å². The van der Waals surface area contributed by atoms with E-state index in [0.717, 1.165) is 11.4 Å². The zero-order valence-electron chi connectivity index (χ0n) is 12.5. The molecule has 1 fully saturated rings. The number of hydrogen-bond donors (Lipinski definition) is 4. The molecule has 1 aliphatic heterocycles. The number of aliphatic hydroxyl groups is 1. The third kappa shape index (κ3) is 4.21. The van der Waals surface area contributed by atoms with Gasteiger partial charge in [-0.2, -0.15) is 0 Å².